The van der Waals surface area contributed by atoms with Gasteiger partial charge in [0.05, 0.1) is 17.2 Å². The molecule has 116 valence electrons. The molecule has 0 aliphatic carbocycles. The molecule has 0 bridgehead atoms. The molecule has 0 atom stereocenters. The maximum absolute atomic E-state index is 8.49. The molecule has 0 aliphatic heterocycles. The molecule has 5 nitrogen and oxygen atoms in total. The minimum Gasteiger partial charge on any atom is -0.222 e. The van der Waals surface area contributed by atoms with Crippen LogP contribution in [0.2, 0.25) is 5.02 Å². The van der Waals surface area contributed by atoms with Crippen molar-refractivity contribution < 1.29 is 33.3 Å². The lowest BCUT2D eigenvalue weighted by molar-refractivity contribution is -2.00. The molecule has 3 aromatic rings. The van der Waals surface area contributed by atoms with Gasteiger partial charge in [-0.2, -0.15) is 0 Å². The number of halogens is 2. The average molecular weight is 379 g/mol. The molecule has 0 amide bonds. The lowest BCUT2D eigenvalue weighted by Crippen LogP contribution is -2.68. The van der Waals surface area contributed by atoms with Gasteiger partial charge in [0.25, 0.3) is 0 Å². The summed E-state index contributed by atoms with van der Waals surface area (Å²) in [6.45, 7) is 0. The van der Waals surface area contributed by atoms with Crippen molar-refractivity contribution in [1.82, 2.24) is 0 Å². The zero-order chi connectivity index (χ0) is 16.2. The van der Waals surface area contributed by atoms with Gasteiger partial charge in [-0.1, -0.05) is 23.7 Å². The van der Waals surface area contributed by atoms with Crippen molar-refractivity contribution in [1.29, 1.82) is 0 Å². The molecule has 0 aromatic carbocycles. The molecule has 3 heterocycles. The van der Waals surface area contributed by atoms with E-state index in [1.807, 2.05) is 47.2 Å². The summed E-state index contributed by atoms with van der Waals surface area (Å²) in [7, 11) is -4.94. The van der Waals surface area contributed by atoms with Gasteiger partial charge in [0, 0.05) is 0 Å². The fraction of sp³-hybridized carbons (Fsp3) is 0. The van der Waals surface area contributed by atoms with Gasteiger partial charge in [0.15, 0.2) is 0 Å². The molecule has 0 saturated heterocycles. The van der Waals surface area contributed by atoms with Gasteiger partial charge in [-0.05, 0) is 22.9 Å². The first kappa shape index (κ1) is 17.3. The van der Waals surface area contributed by atoms with E-state index in [-0.39, 0.29) is 0 Å². The van der Waals surface area contributed by atoms with Crippen molar-refractivity contribution in [2.75, 3.05) is 0 Å². The first-order valence-corrected chi connectivity index (χ1v) is 9.03. The summed E-state index contributed by atoms with van der Waals surface area (Å²) in [5, 5.41) is 4.75. The molecule has 0 aliphatic rings. The largest absolute Gasteiger partial charge is 0.372 e. The molecule has 3 rings (SSSR count). The number of thiophene rings is 2. The summed E-state index contributed by atoms with van der Waals surface area (Å²) in [5.74, 6) is 1.63. The lowest BCUT2D eigenvalue weighted by atomic mass is 10.3. The second-order valence-electron chi connectivity index (χ2n) is 3.84. The molecule has 0 N–H and O–H groups in total. The Balaban J connectivity index is 0.000000309. The van der Waals surface area contributed by atoms with Crippen molar-refractivity contribution in [2.45, 2.75) is 0 Å². The minimum atomic E-state index is -4.94. The molecular formula is C13H8Cl2O5S2. The van der Waals surface area contributed by atoms with E-state index in [9.17, 15) is 0 Å². The molecule has 0 radical (unpaired) electrons. The molecule has 0 saturated carbocycles. The lowest BCUT2D eigenvalue weighted by Gasteiger charge is -2.17. The first-order chi connectivity index (χ1) is 10.3. The Morgan fingerprint density at radius 1 is 0.864 bits per heavy atom. The van der Waals surface area contributed by atoms with Gasteiger partial charge in [-0.3, -0.25) is 0 Å². The average Bonchev–Trinajstić information content (AvgIpc) is 3.10. The maximum Gasteiger partial charge on any atom is 0.372 e. The highest BCUT2D eigenvalue weighted by molar-refractivity contribution is 7.13. The number of hydrogen-bond donors (Lipinski definition) is 0. The number of rotatable bonds is 2. The SMILES string of the molecule is Clc1cc(-c2cccs2)[o+]c(-c2cccs2)c1.[O-][Cl+3]([O-])([O-])[O-]. The molecule has 0 spiro atoms. The Kier molecular flexibility index (Phi) is 5.90. The summed E-state index contributed by atoms with van der Waals surface area (Å²) in [6, 6.07) is 11.8. The normalized spacial score (nSPS) is 11.0. The third-order valence-corrected chi connectivity index (χ3v) is 4.27. The van der Waals surface area contributed by atoms with E-state index in [2.05, 4.69) is 0 Å². The monoisotopic (exact) mass is 378 g/mol. The summed E-state index contributed by atoms with van der Waals surface area (Å²) in [6.07, 6.45) is 0. The van der Waals surface area contributed by atoms with Crippen LogP contribution in [0.15, 0.2) is 51.6 Å². The predicted octanol–water partition coefficient (Wildman–Crippen LogP) is 0.915. The Bertz CT molecular complexity index is 650. The second-order valence-corrected chi connectivity index (χ2v) is 6.92. The minimum absolute atomic E-state index is 0.697. The third kappa shape index (κ3) is 5.64. The van der Waals surface area contributed by atoms with Crippen LogP contribution in [0.1, 0.15) is 0 Å². The van der Waals surface area contributed by atoms with Gasteiger partial charge >= 0.3 is 11.5 Å². The van der Waals surface area contributed by atoms with Crippen LogP contribution in [0.3, 0.4) is 0 Å². The Morgan fingerprint density at radius 3 is 1.59 bits per heavy atom. The quantitative estimate of drug-likeness (QED) is 0.616. The van der Waals surface area contributed by atoms with Crippen LogP contribution in [0.5, 0.6) is 0 Å². The molecule has 9 heteroatoms. The summed E-state index contributed by atoms with van der Waals surface area (Å²) >= 11 is 9.42. The van der Waals surface area contributed by atoms with E-state index in [0.717, 1.165) is 21.3 Å². The van der Waals surface area contributed by atoms with Crippen molar-refractivity contribution in [3.63, 3.8) is 0 Å². The van der Waals surface area contributed by atoms with Crippen LogP contribution in [0, 0.1) is 10.2 Å². The summed E-state index contributed by atoms with van der Waals surface area (Å²) in [4.78, 5) is 2.18. The van der Waals surface area contributed by atoms with Gasteiger partial charge in [-0.15, -0.1) is 32.9 Å². The number of hydrogen-bond acceptors (Lipinski definition) is 6. The maximum atomic E-state index is 8.49. The predicted molar refractivity (Wildman–Crippen MR) is 74.8 cm³/mol. The summed E-state index contributed by atoms with van der Waals surface area (Å²) < 4.78 is 39.9. The third-order valence-electron chi connectivity index (χ3n) is 2.29. The van der Waals surface area contributed by atoms with Gasteiger partial charge in [-0.25, -0.2) is 23.1 Å². The first-order valence-electron chi connectivity index (χ1n) is 5.66. The molecule has 22 heavy (non-hydrogen) atoms. The standard InChI is InChI=1S/C13H8ClOS2.ClHO4/c14-9-7-10(12-3-1-5-16-12)15-11(8-9)13-4-2-6-17-13;2-1(3,4)5/h1-8H;(H,2,3,4,5)/q+1;/p-1. The smallest absolute Gasteiger partial charge is 0.222 e. The molecule has 0 unspecified atom stereocenters. The highest BCUT2D eigenvalue weighted by atomic mass is 35.7. The zero-order valence-corrected chi connectivity index (χ0v) is 13.9. The molecular weight excluding hydrogens is 371 g/mol. The fourth-order valence-electron chi connectivity index (χ4n) is 1.55. The van der Waals surface area contributed by atoms with E-state index in [1.165, 1.54) is 0 Å². The second kappa shape index (κ2) is 7.49. The van der Waals surface area contributed by atoms with Crippen LogP contribution < -0.4 is 18.6 Å². The van der Waals surface area contributed by atoms with Gasteiger partial charge < -0.3 is 0 Å². The Labute approximate surface area is 141 Å². The van der Waals surface area contributed by atoms with Crippen LogP contribution in [-0.2, 0) is 0 Å². The highest BCUT2D eigenvalue weighted by Gasteiger charge is 2.20. The topological polar surface area (TPSA) is 104 Å². The van der Waals surface area contributed by atoms with Crippen molar-refractivity contribution in [2.24, 2.45) is 0 Å². The van der Waals surface area contributed by atoms with Crippen LogP contribution in [0.25, 0.3) is 21.3 Å². The highest BCUT2D eigenvalue weighted by Crippen LogP contribution is 2.33. The van der Waals surface area contributed by atoms with E-state index >= 15 is 0 Å². The van der Waals surface area contributed by atoms with E-state index in [4.69, 9.17) is 34.7 Å². The van der Waals surface area contributed by atoms with E-state index in [1.54, 1.807) is 22.7 Å². The Morgan fingerprint density at radius 2 is 1.27 bits per heavy atom. The van der Waals surface area contributed by atoms with Crippen LogP contribution >= 0.6 is 34.3 Å². The summed E-state index contributed by atoms with van der Waals surface area (Å²) in [5.41, 5.74) is 0. The molecule has 0 fully saturated rings. The van der Waals surface area contributed by atoms with E-state index < -0.39 is 10.2 Å². The zero-order valence-electron chi connectivity index (χ0n) is 10.7. The Hall–Kier alpha value is -1.03. The van der Waals surface area contributed by atoms with E-state index in [0.29, 0.717) is 5.02 Å². The van der Waals surface area contributed by atoms with Crippen LogP contribution in [-0.4, -0.2) is 0 Å². The van der Waals surface area contributed by atoms with Crippen molar-refractivity contribution in [3.05, 3.63) is 52.2 Å². The van der Waals surface area contributed by atoms with Crippen LogP contribution in [0.4, 0.5) is 0 Å². The fourth-order valence-corrected chi connectivity index (χ4v) is 3.10. The van der Waals surface area contributed by atoms with Crippen molar-refractivity contribution in [3.8, 4) is 21.3 Å². The van der Waals surface area contributed by atoms with Gasteiger partial charge in [0.1, 0.15) is 9.75 Å². The van der Waals surface area contributed by atoms with Gasteiger partial charge in [0.2, 0.25) is 0 Å². The van der Waals surface area contributed by atoms with Crippen molar-refractivity contribution >= 4 is 34.3 Å². The molecule has 3 aromatic heterocycles.